The molecule has 4 nitrogen and oxygen atoms in total. The summed E-state index contributed by atoms with van der Waals surface area (Å²) in [5, 5.41) is 21.3. The van der Waals surface area contributed by atoms with Crippen LogP contribution in [0.15, 0.2) is 0 Å². The molecule has 0 unspecified atom stereocenters. The highest BCUT2D eigenvalue weighted by Gasteiger charge is 2.49. The van der Waals surface area contributed by atoms with Crippen LogP contribution in [0.25, 0.3) is 0 Å². The minimum atomic E-state index is -1.13. The molecule has 0 radical (unpaired) electrons. The summed E-state index contributed by atoms with van der Waals surface area (Å²) in [5.41, 5.74) is 0.408. The van der Waals surface area contributed by atoms with Gasteiger partial charge in [0.15, 0.2) is 0 Å². The molecule has 0 aliphatic carbocycles. The maximum absolute atomic E-state index is 8.89. The fraction of sp³-hybridized carbons (Fsp3) is 1.00. The van der Waals surface area contributed by atoms with Crippen molar-refractivity contribution in [1.29, 1.82) is 0 Å². The monoisotopic (exact) mass is 226 g/mol. The molecule has 16 heavy (non-hydrogen) atoms. The Morgan fingerprint density at radius 2 is 2.31 bits per heavy atom. The summed E-state index contributed by atoms with van der Waals surface area (Å²) >= 11 is 0. The van der Waals surface area contributed by atoms with Crippen molar-refractivity contribution in [2.24, 2.45) is 5.41 Å². The Bertz CT molecular complexity index is 240. The number of fused-ring (bicyclic) bond motifs is 1. The van der Waals surface area contributed by atoms with Crippen LogP contribution in [0.3, 0.4) is 0 Å². The molecule has 2 rings (SSSR count). The van der Waals surface area contributed by atoms with Crippen molar-refractivity contribution in [3.63, 3.8) is 0 Å². The predicted octanol–water partition coefficient (Wildman–Crippen LogP) is -0.0768. The van der Waals surface area contributed by atoms with Gasteiger partial charge in [0.05, 0.1) is 0 Å². The molecule has 2 atom stereocenters. The Kier molecular flexibility index (Phi) is 3.90. The molecule has 0 bridgehead atoms. The van der Waals surface area contributed by atoms with Gasteiger partial charge in [-0.3, -0.25) is 4.90 Å². The molecule has 0 aromatic heterocycles. The zero-order valence-electron chi connectivity index (χ0n) is 10.2. The summed E-state index contributed by atoms with van der Waals surface area (Å²) in [4.78, 5) is 2.56. The number of hydrogen-bond donors (Lipinski definition) is 3. The van der Waals surface area contributed by atoms with E-state index in [9.17, 15) is 0 Å². The zero-order chi connectivity index (χ0) is 11.6. The van der Waals surface area contributed by atoms with Gasteiger partial charge in [0, 0.05) is 24.5 Å². The summed E-state index contributed by atoms with van der Waals surface area (Å²) in [7, 11) is -1.13. The molecule has 2 aliphatic rings. The Hall–Kier alpha value is -0.0951. The lowest BCUT2D eigenvalue weighted by Gasteiger charge is -2.31. The standard InChI is InChI=1S/C11H23BN2O2/c1-2-14-7-5-11(4-3-6-12(15)16)9-13-8-10(11)14/h10,13,15-16H,2-9H2,1H3/t10-,11+/m0/s1. The third-order valence-corrected chi connectivity index (χ3v) is 4.40. The number of likely N-dealkylation sites (N-methyl/N-ethyl adjacent to an activating group) is 1. The second kappa shape index (κ2) is 5.04. The van der Waals surface area contributed by atoms with Crippen molar-refractivity contribution >= 4 is 7.12 Å². The van der Waals surface area contributed by atoms with E-state index >= 15 is 0 Å². The van der Waals surface area contributed by atoms with Crippen LogP contribution in [0.2, 0.25) is 6.32 Å². The highest BCUT2D eigenvalue weighted by Crippen LogP contribution is 2.43. The van der Waals surface area contributed by atoms with Gasteiger partial charge < -0.3 is 15.4 Å². The van der Waals surface area contributed by atoms with Gasteiger partial charge in [0.25, 0.3) is 0 Å². The van der Waals surface area contributed by atoms with Gasteiger partial charge in [-0.1, -0.05) is 13.3 Å². The van der Waals surface area contributed by atoms with Crippen LogP contribution in [0.5, 0.6) is 0 Å². The van der Waals surface area contributed by atoms with E-state index < -0.39 is 7.12 Å². The first-order valence-electron chi connectivity index (χ1n) is 6.49. The topological polar surface area (TPSA) is 55.7 Å². The first-order valence-corrected chi connectivity index (χ1v) is 6.49. The number of nitrogens with zero attached hydrogens (tertiary/aromatic N) is 1. The van der Waals surface area contributed by atoms with Crippen molar-refractivity contribution in [1.82, 2.24) is 10.2 Å². The van der Waals surface area contributed by atoms with Crippen molar-refractivity contribution in [3.8, 4) is 0 Å². The third kappa shape index (κ3) is 2.27. The largest absolute Gasteiger partial charge is 0.451 e. The third-order valence-electron chi connectivity index (χ3n) is 4.40. The van der Waals surface area contributed by atoms with E-state index in [0.29, 0.717) is 17.8 Å². The molecule has 0 aromatic carbocycles. The van der Waals surface area contributed by atoms with Crippen molar-refractivity contribution in [2.75, 3.05) is 26.2 Å². The Labute approximate surface area is 98.2 Å². The van der Waals surface area contributed by atoms with E-state index in [2.05, 4.69) is 17.1 Å². The fourth-order valence-electron chi connectivity index (χ4n) is 3.48. The van der Waals surface area contributed by atoms with Gasteiger partial charge in [0.1, 0.15) is 0 Å². The van der Waals surface area contributed by atoms with Gasteiger partial charge in [-0.15, -0.1) is 0 Å². The molecule has 0 saturated carbocycles. The summed E-state index contributed by atoms with van der Waals surface area (Å²) in [6, 6.07) is 0.674. The summed E-state index contributed by atoms with van der Waals surface area (Å²) < 4.78 is 0. The van der Waals surface area contributed by atoms with Crippen LogP contribution < -0.4 is 5.32 Å². The van der Waals surface area contributed by atoms with Gasteiger partial charge >= 0.3 is 7.12 Å². The van der Waals surface area contributed by atoms with Crippen LogP contribution in [0, 0.1) is 5.41 Å². The molecule has 2 saturated heterocycles. The number of rotatable bonds is 5. The second-order valence-corrected chi connectivity index (χ2v) is 5.26. The normalized spacial score (nSPS) is 34.3. The fourth-order valence-corrected chi connectivity index (χ4v) is 3.48. The average Bonchev–Trinajstić information content (AvgIpc) is 2.75. The minimum Gasteiger partial charge on any atom is -0.427 e. The number of hydrogen-bond acceptors (Lipinski definition) is 4. The molecule has 2 heterocycles. The highest BCUT2D eigenvalue weighted by molar-refractivity contribution is 6.40. The molecule has 92 valence electrons. The van der Waals surface area contributed by atoms with Crippen LogP contribution >= 0.6 is 0 Å². The van der Waals surface area contributed by atoms with Gasteiger partial charge in [-0.2, -0.15) is 0 Å². The van der Waals surface area contributed by atoms with Crippen LogP contribution in [-0.2, 0) is 0 Å². The van der Waals surface area contributed by atoms with E-state index in [1.807, 2.05) is 0 Å². The van der Waals surface area contributed by atoms with Gasteiger partial charge in [-0.05, 0) is 32.3 Å². The van der Waals surface area contributed by atoms with Gasteiger partial charge in [-0.25, -0.2) is 0 Å². The van der Waals surface area contributed by atoms with Crippen LogP contribution in [0.4, 0.5) is 0 Å². The van der Waals surface area contributed by atoms with Crippen molar-refractivity contribution < 1.29 is 10.0 Å². The quantitative estimate of drug-likeness (QED) is 0.574. The van der Waals surface area contributed by atoms with E-state index in [1.54, 1.807) is 0 Å². The molecule has 5 heteroatoms. The Morgan fingerprint density at radius 1 is 1.50 bits per heavy atom. The molecule has 0 amide bonds. The van der Waals surface area contributed by atoms with Crippen molar-refractivity contribution in [3.05, 3.63) is 0 Å². The molecular weight excluding hydrogens is 203 g/mol. The Balaban J connectivity index is 1.90. The van der Waals surface area contributed by atoms with Crippen LogP contribution in [0.1, 0.15) is 26.2 Å². The molecule has 0 spiro atoms. The number of nitrogens with one attached hydrogen (secondary N) is 1. The predicted molar refractivity (Wildman–Crippen MR) is 65.2 cm³/mol. The molecule has 0 aromatic rings. The lowest BCUT2D eigenvalue weighted by atomic mass is 9.74. The van der Waals surface area contributed by atoms with E-state index in [4.69, 9.17) is 10.0 Å². The smallest absolute Gasteiger partial charge is 0.427 e. The van der Waals surface area contributed by atoms with Gasteiger partial charge in [0.2, 0.25) is 0 Å². The zero-order valence-corrected chi connectivity index (χ0v) is 10.2. The highest BCUT2D eigenvalue weighted by atomic mass is 16.4. The molecule has 3 N–H and O–H groups in total. The van der Waals surface area contributed by atoms with E-state index in [0.717, 1.165) is 32.5 Å². The summed E-state index contributed by atoms with van der Waals surface area (Å²) in [5.74, 6) is 0. The molecule has 2 aliphatic heterocycles. The first kappa shape index (κ1) is 12.4. The lowest BCUT2D eigenvalue weighted by Crippen LogP contribution is -2.38. The lowest BCUT2D eigenvalue weighted by molar-refractivity contribution is 0.196. The molecular formula is C11H23BN2O2. The molecule has 2 fully saturated rings. The van der Waals surface area contributed by atoms with E-state index in [1.165, 1.54) is 13.0 Å². The SMILES string of the molecule is CCN1CC[C@]2(CCCB(O)O)CNC[C@H]12. The maximum atomic E-state index is 8.89. The maximum Gasteiger partial charge on any atom is 0.451 e. The number of likely N-dealkylation sites (tertiary alicyclic amines) is 1. The van der Waals surface area contributed by atoms with Crippen molar-refractivity contribution in [2.45, 2.75) is 38.5 Å². The second-order valence-electron chi connectivity index (χ2n) is 5.26. The summed E-state index contributed by atoms with van der Waals surface area (Å²) in [6.45, 7) is 6.79. The first-order chi connectivity index (χ1) is 7.68. The van der Waals surface area contributed by atoms with E-state index in [-0.39, 0.29) is 0 Å². The Morgan fingerprint density at radius 3 is 3.00 bits per heavy atom. The average molecular weight is 226 g/mol. The summed E-state index contributed by atoms with van der Waals surface area (Å²) in [6.07, 6.45) is 3.83. The van der Waals surface area contributed by atoms with Crippen LogP contribution in [-0.4, -0.2) is 54.3 Å². The minimum absolute atomic E-state index is 0.408.